The number of nitrogens with one attached hydrogen (secondary N) is 2. The van der Waals surface area contributed by atoms with E-state index in [0.29, 0.717) is 6.04 Å². The van der Waals surface area contributed by atoms with Gasteiger partial charge in [-0.25, -0.2) is 0 Å². The molecule has 2 N–H and O–H groups in total. The van der Waals surface area contributed by atoms with Crippen molar-refractivity contribution in [2.75, 3.05) is 7.05 Å². The summed E-state index contributed by atoms with van der Waals surface area (Å²) < 4.78 is 2.01. The predicted octanol–water partition coefficient (Wildman–Crippen LogP) is 1.93. The van der Waals surface area contributed by atoms with Gasteiger partial charge < -0.3 is 10.6 Å². The van der Waals surface area contributed by atoms with Gasteiger partial charge in [0.25, 0.3) is 0 Å². The summed E-state index contributed by atoms with van der Waals surface area (Å²) in [6, 6.07) is 0.474. The van der Waals surface area contributed by atoms with Gasteiger partial charge in [0.05, 0.1) is 5.69 Å². The minimum absolute atomic E-state index is 0.474. The first-order valence-corrected chi connectivity index (χ1v) is 7.85. The summed E-state index contributed by atoms with van der Waals surface area (Å²) >= 11 is 0. The van der Waals surface area contributed by atoms with Crippen LogP contribution in [0.15, 0.2) is 17.1 Å². The summed E-state index contributed by atoms with van der Waals surface area (Å²) in [5.41, 5.74) is 3.80. The number of hydrogen-bond donors (Lipinski definition) is 2. The van der Waals surface area contributed by atoms with Crippen molar-refractivity contribution in [1.29, 1.82) is 0 Å². The topological polar surface area (TPSA) is 54.2 Å². The Balaban J connectivity index is 2.00. The minimum atomic E-state index is 0.474. The van der Waals surface area contributed by atoms with Gasteiger partial charge in [0.15, 0.2) is 5.96 Å². The fourth-order valence-electron chi connectivity index (χ4n) is 2.89. The Morgan fingerprint density at radius 2 is 2.05 bits per heavy atom. The molecule has 5 nitrogen and oxygen atoms in total. The maximum Gasteiger partial charge on any atom is 0.191 e. The summed E-state index contributed by atoms with van der Waals surface area (Å²) in [7, 11) is 3.85. The molecule has 0 radical (unpaired) electrons. The summed E-state index contributed by atoms with van der Waals surface area (Å²) in [6.07, 6.45) is 8.55. The number of aryl methyl sites for hydroxylation is 2. The average Bonchev–Trinajstić information content (AvgIpc) is 3.10. The van der Waals surface area contributed by atoms with Crippen molar-refractivity contribution in [3.05, 3.63) is 29.1 Å². The number of nitrogens with zero attached hydrogens (tertiary/aromatic N) is 3. The third-order valence-corrected chi connectivity index (χ3v) is 4.03. The molecule has 0 amide bonds. The second-order valence-electron chi connectivity index (χ2n) is 5.41. The summed E-state index contributed by atoms with van der Waals surface area (Å²) in [5.74, 6) is 0.872. The lowest BCUT2D eigenvalue weighted by molar-refractivity contribution is 0.632. The zero-order chi connectivity index (χ0) is 15.2. The smallest absolute Gasteiger partial charge is 0.191 e. The quantitative estimate of drug-likeness (QED) is 0.495. The van der Waals surface area contributed by atoms with Gasteiger partial charge in [0, 0.05) is 37.9 Å². The van der Waals surface area contributed by atoms with Crippen LogP contribution in [0.3, 0.4) is 0 Å². The van der Waals surface area contributed by atoms with E-state index in [1.165, 1.54) is 17.0 Å². The SMILES string of the molecule is CCc1nn(C)c(CC)c1CNC(=NC)NC1CC=CC1. The van der Waals surface area contributed by atoms with Gasteiger partial charge in [0.2, 0.25) is 0 Å². The molecule has 0 saturated heterocycles. The molecule has 0 fully saturated rings. The molecule has 116 valence electrons. The largest absolute Gasteiger partial charge is 0.353 e. The van der Waals surface area contributed by atoms with E-state index in [1.54, 1.807) is 0 Å². The molecular weight excluding hydrogens is 262 g/mol. The first kappa shape index (κ1) is 15.6. The summed E-state index contributed by atoms with van der Waals surface area (Å²) in [4.78, 5) is 4.32. The molecule has 0 bridgehead atoms. The Hall–Kier alpha value is -1.78. The Kier molecular flexibility index (Phi) is 5.42. The van der Waals surface area contributed by atoms with Crippen LogP contribution in [0.25, 0.3) is 0 Å². The lowest BCUT2D eigenvalue weighted by atomic mass is 10.1. The van der Waals surface area contributed by atoms with Crippen molar-refractivity contribution in [2.45, 2.75) is 52.1 Å². The van der Waals surface area contributed by atoms with Gasteiger partial charge in [-0.3, -0.25) is 9.67 Å². The fraction of sp³-hybridized carbons (Fsp3) is 0.625. The highest BCUT2D eigenvalue weighted by molar-refractivity contribution is 5.80. The highest BCUT2D eigenvalue weighted by Gasteiger charge is 2.15. The van der Waals surface area contributed by atoms with Gasteiger partial charge in [-0.15, -0.1) is 0 Å². The first-order chi connectivity index (χ1) is 10.2. The number of aromatic nitrogens is 2. The van der Waals surface area contributed by atoms with Crippen LogP contribution in [-0.4, -0.2) is 28.8 Å². The number of aliphatic imine (C=N–C) groups is 1. The van der Waals surface area contributed by atoms with Gasteiger partial charge in [-0.1, -0.05) is 26.0 Å². The third-order valence-electron chi connectivity index (χ3n) is 4.03. The molecule has 2 rings (SSSR count). The van der Waals surface area contributed by atoms with E-state index in [-0.39, 0.29) is 0 Å². The van der Waals surface area contributed by atoms with E-state index in [2.05, 4.69) is 46.7 Å². The van der Waals surface area contributed by atoms with Crippen molar-refractivity contribution < 1.29 is 0 Å². The van der Waals surface area contributed by atoms with Crippen LogP contribution in [-0.2, 0) is 26.4 Å². The molecule has 21 heavy (non-hydrogen) atoms. The summed E-state index contributed by atoms with van der Waals surface area (Å²) in [5, 5.41) is 11.5. The molecule has 1 aromatic heterocycles. The molecule has 1 aliphatic carbocycles. The fourth-order valence-corrected chi connectivity index (χ4v) is 2.89. The molecule has 1 heterocycles. The Labute approximate surface area is 127 Å². The molecule has 0 aromatic carbocycles. The minimum Gasteiger partial charge on any atom is -0.353 e. The van der Waals surface area contributed by atoms with E-state index in [9.17, 15) is 0 Å². The molecule has 0 unspecified atom stereocenters. The van der Waals surface area contributed by atoms with Crippen LogP contribution in [0, 0.1) is 0 Å². The van der Waals surface area contributed by atoms with E-state index in [0.717, 1.165) is 38.2 Å². The van der Waals surface area contributed by atoms with Crippen LogP contribution in [0.2, 0.25) is 0 Å². The highest BCUT2D eigenvalue weighted by atomic mass is 15.3. The molecule has 0 spiro atoms. The second-order valence-corrected chi connectivity index (χ2v) is 5.41. The van der Waals surface area contributed by atoms with Crippen molar-refractivity contribution in [2.24, 2.45) is 12.0 Å². The number of hydrogen-bond acceptors (Lipinski definition) is 2. The molecule has 0 aliphatic heterocycles. The van der Waals surface area contributed by atoms with Gasteiger partial charge in [0.1, 0.15) is 0 Å². The predicted molar refractivity (Wildman–Crippen MR) is 87.5 cm³/mol. The highest BCUT2D eigenvalue weighted by Crippen LogP contribution is 2.15. The second kappa shape index (κ2) is 7.29. The molecule has 0 saturated carbocycles. The van der Waals surface area contributed by atoms with Crippen LogP contribution < -0.4 is 10.6 Å². The van der Waals surface area contributed by atoms with Crippen LogP contribution >= 0.6 is 0 Å². The van der Waals surface area contributed by atoms with E-state index in [1.807, 2.05) is 18.8 Å². The van der Waals surface area contributed by atoms with E-state index < -0.39 is 0 Å². The molecular formula is C16H27N5. The van der Waals surface area contributed by atoms with Gasteiger partial charge in [-0.05, 0) is 25.7 Å². The van der Waals surface area contributed by atoms with Gasteiger partial charge >= 0.3 is 0 Å². The molecule has 1 aromatic rings. The first-order valence-electron chi connectivity index (χ1n) is 7.85. The summed E-state index contributed by atoms with van der Waals surface area (Å²) in [6.45, 7) is 5.11. The zero-order valence-corrected chi connectivity index (χ0v) is 13.6. The van der Waals surface area contributed by atoms with Crippen LogP contribution in [0.1, 0.15) is 43.6 Å². The third kappa shape index (κ3) is 3.65. The van der Waals surface area contributed by atoms with Crippen LogP contribution in [0.4, 0.5) is 0 Å². The Morgan fingerprint density at radius 1 is 1.33 bits per heavy atom. The van der Waals surface area contributed by atoms with Crippen molar-refractivity contribution in [3.8, 4) is 0 Å². The van der Waals surface area contributed by atoms with Crippen LogP contribution in [0.5, 0.6) is 0 Å². The maximum absolute atomic E-state index is 4.61. The maximum atomic E-state index is 4.61. The molecule has 0 atom stereocenters. The lowest BCUT2D eigenvalue weighted by Gasteiger charge is -2.17. The van der Waals surface area contributed by atoms with Gasteiger partial charge in [-0.2, -0.15) is 5.10 Å². The Bertz CT molecular complexity index is 519. The normalized spacial score (nSPS) is 15.7. The standard InChI is InChI=1S/C16H27N5/c1-5-14-13(15(6-2)21(4)20-14)11-18-16(17-3)19-12-9-7-8-10-12/h7-8,12H,5-6,9-11H2,1-4H3,(H2,17,18,19). The zero-order valence-electron chi connectivity index (χ0n) is 13.6. The number of rotatable bonds is 5. The Morgan fingerprint density at radius 3 is 2.62 bits per heavy atom. The average molecular weight is 289 g/mol. The van der Waals surface area contributed by atoms with E-state index in [4.69, 9.17) is 0 Å². The van der Waals surface area contributed by atoms with Crippen molar-refractivity contribution in [3.63, 3.8) is 0 Å². The van der Waals surface area contributed by atoms with E-state index >= 15 is 0 Å². The van der Waals surface area contributed by atoms with Crippen molar-refractivity contribution in [1.82, 2.24) is 20.4 Å². The molecule has 1 aliphatic rings. The monoisotopic (exact) mass is 289 g/mol. The lowest BCUT2D eigenvalue weighted by Crippen LogP contribution is -2.42. The number of guanidine groups is 1. The van der Waals surface area contributed by atoms with Crippen molar-refractivity contribution >= 4 is 5.96 Å². The molecule has 5 heteroatoms.